The predicted octanol–water partition coefficient (Wildman–Crippen LogP) is 4.45. The molecule has 1 N–H and O–H groups in total. The number of hydrogen-bond acceptors (Lipinski definition) is 5. The van der Waals surface area contributed by atoms with Gasteiger partial charge >= 0.3 is 5.97 Å². The summed E-state index contributed by atoms with van der Waals surface area (Å²) in [6, 6.07) is 11.8. The summed E-state index contributed by atoms with van der Waals surface area (Å²) in [4.78, 5) is 35.6. The van der Waals surface area contributed by atoms with Gasteiger partial charge in [0.25, 0.3) is 5.91 Å². The molecule has 2 aromatic rings. The summed E-state index contributed by atoms with van der Waals surface area (Å²) in [6.45, 7) is 3.25. The number of amides is 1. The smallest absolute Gasteiger partial charge is 0.331 e. The number of nitrogens with one attached hydrogen (secondary N) is 1. The summed E-state index contributed by atoms with van der Waals surface area (Å²) in [7, 11) is 0. The van der Waals surface area contributed by atoms with E-state index in [1.54, 1.807) is 48.5 Å². The molecular weight excluding hydrogens is 406 g/mol. The van der Waals surface area contributed by atoms with Crippen molar-refractivity contribution < 1.29 is 23.9 Å². The monoisotopic (exact) mass is 425 g/mol. The van der Waals surface area contributed by atoms with Crippen LogP contribution in [0.15, 0.2) is 60.2 Å². The molecule has 1 atom stereocenters. The molecule has 1 aliphatic heterocycles. The Hall–Kier alpha value is -3.38. The van der Waals surface area contributed by atoms with Gasteiger partial charge in [-0.15, -0.1) is 0 Å². The second-order valence-electron chi connectivity index (χ2n) is 6.73. The third kappa shape index (κ3) is 5.58. The molecule has 154 valence electrons. The Kier molecular flexibility index (Phi) is 6.69. The quantitative estimate of drug-likeness (QED) is 0.420. The lowest BCUT2D eigenvalue weighted by Crippen LogP contribution is -2.29. The van der Waals surface area contributed by atoms with Crippen molar-refractivity contribution in [1.82, 2.24) is 0 Å². The van der Waals surface area contributed by atoms with Crippen LogP contribution in [0.1, 0.15) is 29.8 Å². The first kappa shape index (κ1) is 21.3. The van der Waals surface area contributed by atoms with Gasteiger partial charge in [-0.05, 0) is 74.0 Å². The average Bonchev–Trinajstić information content (AvgIpc) is 2.72. The highest BCUT2D eigenvalue weighted by molar-refractivity contribution is 6.30. The van der Waals surface area contributed by atoms with Crippen molar-refractivity contribution in [2.24, 2.45) is 0 Å². The zero-order valence-corrected chi connectivity index (χ0v) is 17.2. The van der Waals surface area contributed by atoms with Gasteiger partial charge in [0.05, 0.1) is 0 Å². The van der Waals surface area contributed by atoms with E-state index in [-0.39, 0.29) is 5.78 Å². The van der Waals surface area contributed by atoms with Crippen LogP contribution in [0, 0.1) is 0 Å². The zero-order valence-electron chi connectivity index (χ0n) is 16.5. The van der Waals surface area contributed by atoms with Crippen LogP contribution in [0.4, 0.5) is 5.69 Å². The fourth-order valence-electron chi connectivity index (χ4n) is 2.74. The first-order valence-corrected chi connectivity index (χ1v) is 9.63. The molecule has 2 aromatic carbocycles. The van der Waals surface area contributed by atoms with E-state index in [1.165, 1.54) is 19.9 Å². The van der Waals surface area contributed by atoms with Gasteiger partial charge in [-0.3, -0.25) is 9.59 Å². The van der Waals surface area contributed by atoms with E-state index < -0.39 is 18.0 Å². The second kappa shape index (κ2) is 9.41. The van der Waals surface area contributed by atoms with Gasteiger partial charge in [0, 0.05) is 27.9 Å². The first-order chi connectivity index (χ1) is 14.3. The Morgan fingerprint density at radius 2 is 1.90 bits per heavy atom. The fourth-order valence-corrected chi connectivity index (χ4v) is 2.92. The molecule has 1 aliphatic rings. The third-order valence-electron chi connectivity index (χ3n) is 4.36. The maximum atomic E-state index is 12.2. The highest BCUT2D eigenvalue weighted by Crippen LogP contribution is 2.29. The third-order valence-corrected chi connectivity index (χ3v) is 4.60. The van der Waals surface area contributed by atoms with Crippen LogP contribution < -0.4 is 10.1 Å². The molecule has 0 aliphatic carbocycles. The molecule has 7 heteroatoms. The van der Waals surface area contributed by atoms with Crippen molar-refractivity contribution in [3.05, 3.63) is 76.3 Å². The Balaban J connectivity index is 1.55. The lowest BCUT2D eigenvalue weighted by Gasteiger charge is -2.16. The molecule has 0 fully saturated rings. The van der Waals surface area contributed by atoms with Crippen molar-refractivity contribution in [3.63, 3.8) is 0 Å². The number of ether oxygens (including phenoxy) is 2. The molecule has 0 radical (unpaired) electrons. The van der Waals surface area contributed by atoms with Crippen LogP contribution in [0.5, 0.6) is 5.75 Å². The van der Waals surface area contributed by atoms with Crippen LogP contribution >= 0.6 is 11.6 Å². The summed E-state index contributed by atoms with van der Waals surface area (Å²) in [5.74, 6) is -0.466. The Labute approximate surface area is 179 Å². The van der Waals surface area contributed by atoms with Crippen molar-refractivity contribution in [3.8, 4) is 5.75 Å². The molecule has 0 bridgehead atoms. The van der Waals surface area contributed by atoms with Gasteiger partial charge in [0.2, 0.25) is 0 Å². The Morgan fingerprint density at radius 1 is 1.17 bits per heavy atom. The molecule has 0 saturated heterocycles. The van der Waals surface area contributed by atoms with Crippen molar-refractivity contribution in [2.75, 3.05) is 11.9 Å². The normalized spacial score (nSPS) is 13.6. The summed E-state index contributed by atoms with van der Waals surface area (Å²) in [6.07, 6.45) is 3.70. The molecule has 1 amide bonds. The van der Waals surface area contributed by atoms with E-state index in [9.17, 15) is 14.4 Å². The number of carbonyl (C=O) groups is 3. The van der Waals surface area contributed by atoms with E-state index in [1.807, 2.05) is 6.08 Å². The standard InChI is InChI=1S/C23H20ClNO5/c1-14(26)17-4-7-20(8-5-17)25-23(28)15(2)30-22(27)10-3-16-11-18-12-19(24)6-9-21(18)29-13-16/h3-12,15H,13H2,1-2H3,(H,25,28)/b10-3+. The lowest BCUT2D eigenvalue weighted by molar-refractivity contribution is -0.148. The SMILES string of the molecule is CC(=O)c1ccc(NC(=O)C(C)OC(=O)/C=C/C2=Cc3cc(Cl)ccc3OC2)cc1. The van der Waals surface area contributed by atoms with E-state index in [2.05, 4.69) is 5.32 Å². The highest BCUT2D eigenvalue weighted by Gasteiger charge is 2.17. The molecule has 30 heavy (non-hydrogen) atoms. The largest absolute Gasteiger partial charge is 0.488 e. The van der Waals surface area contributed by atoms with Gasteiger partial charge in [0.1, 0.15) is 12.4 Å². The van der Waals surface area contributed by atoms with Crippen molar-refractivity contribution in [2.45, 2.75) is 20.0 Å². The molecule has 3 rings (SSSR count). The zero-order chi connectivity index (χ0) is 21.7. The van der Waals surface area contributed by atoms with E-state index in [0.717, 1.165) is 16.9 Å². The maximum absolute atomic E-state index is 12.2. The fraction of sp³-hybridized carbons (Fsp3) is 0.174. The number of benzene rings is 2. The highest BCUT2D eigenvalue weighted by atomic mass is 35.5. The minimum atomic E-state index is -0.995. The number of esters is 1. The number of ketones is 1. The van der Waals surface area contributed by atoms with E-state index >= 15 is 0 Å². The average molecular weight is 426 g/mol. The van der Waals surface area contributed by atoms with Crippen LogP contribution in [-0.4, -0.2) is 30.4 Å². The molecule has 0 spiro atoms. The number of Topliss-reactive ketones (excluding diaryl/α,β-unsaturated/α-hetero) is 1. The van der Waals surface area contributed by atoms with Crippen LogP contribution in [0.3, 0.4) is 0 Å². The van der Waals surface area contributed by atoms with Gasteiger partial charge in [-0.1, -0.05) is 11.6 Å². The summed E-state index contributed by atoms with van der Waals surface area (Å²) < 4.78 is 10.8. The first-order valence-electron chi connectivity index (χ1n) is 9.25. The number of anilines is 1. The van der Waals surface area contributed by atoms with E-state index in [4.69, 9.17) is 21.1 Å². The summed E-state index contributed by atoms with van der Waals surface area (Å²) in [5, 5.41) is 3.23. The molecule has 6 nitrogen and oxygen atoms in total. The number of hydrogen-bond donors (Lipinski definition) is 1. The van der Waals surface area contributed by atoms with Crippen LogP contribution in [-0.2, 0) is 14.3 Å². The predicted molar refractivity (Wildman–Crippen MR) is 115 cm³/mol. The second-order valence-corrected chi connectivity index (χ2v) is 7.16. The number of carbonyl (C=O) groups excluding carboxylic acids is 3. The van der Waals surface area contributed by atoms with Crippen LogP contribution in [0.2, 0.25) is 5.02 Å². The molecule has 0 aromatic heterocycles. The van der Waals surface area contributed by atoms with Gasteiger partial charge in [-0.25, -0.2) is 4.79 Å². The minimum absolute atomic E-state index is 0.0629. The number of rotatable bonds is 6. The van der Waals surface area contributed by atoms with Crippen LogP contribution in [0.25, 0.3) is 6.08 Å². The van der Waals surface area contributed by atoms with Crippen molar-refractivity contribution >= 4 is 41.0 Å². The number of halogens is 1. The summed E-state index contributed by atoms with van der Waals surface area (Å²) in [5.41, 5.74) is 2.64. The van der Waals surface area contributed by atoms with Gasteiger partial charge < -0.3 is 14.8 Å². The molecular formula is C23H20ClNO5. The number of fused-ring (bicyclic) bond motifs is 1. The molecule has 0 saturated carbocycles. The van der Waals surface area contributed by atoms with Gasteiger partial charge in [-0.2, -0.15) is 0 Å². The molecule has 1 heterocycles. The minimum Gasteiger partial charge on any atom is -0.488 e. The lowest BCUT2D eigenvalue weighted by atomic mass is 10.1. The van der Waals surface area contributed by atoms with Crippen molar-refractivity contribution in [1.29, 1.82) is 0 Å². The Morgan fingerprint density at radius 3 is 2.60 bits per heavy atom. The molecule has 1 unspecified atom stereocenters. The Bertz CT molecular complexity index is 1040. The van der Waals surface area contributed by atoms with Gasteiger partial charge in [0.15, 0.2) is 11.9 Å². The topological polar surface area (TPSA) is 81.7 Å². The summed E-state index contributed by atoms with van der Waals surface area (Å²) >= 11 is 5.99. The van der Waals surface area contributed by atoms with E-state index in [0.29, 0.717) is 22.9 Å². The maximum Gasteiger partial charge on any atom is 0.331 e.